The number of fused-ring (bicyclic) bond motifs is 1. The highest BCUT2D eigenvalue weighted by Gasteiger charge is 2.63. The third kappa shape index (κ3) is 4.21. The minimum atomic E-state index is -0.732. The lowest BCUT2D eigenvalue weighted by atomic mass is 9.93. The Morgan fingerprint density at radius 3 is 2.47 bits per heavy atom. The van der Waals surface area contributed by atoms with Crippen LogP contribution in [0.4, 0.5) is 0 Å². The summed E-state index contributed by atoms with van der Waals surface area (Å²) in [5, 5.41) is 3.30. The molecule has 2 fully saturated rings. The van der Waals surface area contributed by atoms with Crippen molar-refractivity contribution in [2.45, 2.75) is 56.8 Å². The number of carbonyl (C=O) groups excluding carboxylic acids is 1. The summed E-state index contributed by atoms with van der Waals surface area (Å²) in [7, 11) is 0. The Bertz CT molecular complexity index is 994. The van der Waals surface area contributed by atoms with E-state index in [1.807, 2.05) is 74.5 Å². The second kappa shape index (κ2) is 8.41. The lowest BCUT2D eigenvalue weighted by molar-refractivity contribution is -0.241. The van der Waals surface area contributed by atoms with Crippen molar-refractivity contribution in [2.24, 2.45) is 4.99 Å². The van der Waals surface area contributed by atoms with Crippen molar-refractivity contribution in [3.8, 4) is 0 Å². The van der Waals surface area contributed by atoms with E-state index in [1.165, 1.54) is 0 Å². The molecular formula is C25H28N2O5. The topological polar surface area (TPSA) is 78.4 Å². The summed E-state index contributed by atoms with van der Waals surface area (Å²) in [6.45, 7) is 5.03. The summed E-state index contributed by atoms with van der Waals surface area (Å²) in [6, 6.07) is 19.3. The normalized spacial score (nSPS) is 30.6. The summed E-state index contributed by atoms with van der Waals surface area (Å²) < 4.78 is 24.9. The standard InChI is InChI=1S/C25H28N2O5/c1-24(2)30-21-22(29-14-17-9-5-3-6-10-17)25(32-23(21)31-24)15-26-20(27-16-25)13-19(28)18-11-7-4-8-12-18/h3-12,21-23H,13-16H2,1-2H3,(H,26,27). The molecule has 0 aromatic heterocycles. The number of aliphatic imine (C=N–C) groups is 1. The molecule has 4 atom stereocenters. The summed E-state index contributed by atoms with van der Waals surface area (Å²) in [5.74, 6) is -0.0411. The zero-order chi connectivity index (χ0) is 22.2. The molecule has 3 aliphatic heterocycles. The molecule has 0 bridgehead atoms. The van der Waals surface area contributed by atoms with Gasteiger partial charge >= 0.3 is 0 Å². The van der Waals surface area contributed by atoms with Crippen LogP contribution in [0, 0.1) is 0 Å². The van der Waals surface area contributed by atoms with E-state index in [0.29, 0.717) is 31.1 Å². The molecule has 7 nitrogen and oxygen atoms in total. The van der Waals surface area contributed by atoms with Gasteiger partial charge in [-0.1, -0.05) is 60.7 Å². The van der Waals surface area contributed by atoms with E-state index >= 15 is 0 Å². The lowest BCUT2D eigenvalue weighted by Crippen LogP contribution is -2.58. The molecule has 0 saturated carbocycles. The van der Waals surface area contributed by atoms with Crippen LogP contribution in [0.15, 0.2) is 65.7 Å². The Morgan fingerprint density at radius 1 is 1.06 bits per heavy atom. The van der Waals surface area contributed by atoms with E-state index in [1.54, 1.807) is 0 Å². The molecule has 7 heteroatoms. The van der Waals surface area contributed by atoms with Crippen molar-refractivity contribution in [1.29, 1.82) is 0 Å². The van der Waals surface area contributed by atoms with Crippen LogP contribution in [0.5, 0.6) is 0 Å². The number of hydrogen-bond donors (Lipinski definition) is 1. The first-order valence-electron chi connectivity index (χ1n) is 11.0. The number of carbonyl (C=O) groups is 1. The number of rotatable bonds is 6. The zero-order valence-electron chi connectivity index (χ0n) is 18.3. The second-order valence-corrected chi connectivity index (χ2v) is 8.95. The minimum Gasteiger partial charge on any atom is -0.370 e. The average Bonchev–Trinajstić information content (AvgIpc) is 3.23. The smallest absolute Gasteiger partial charge is 0.190 e. The fraction of sp³-hybridized carbons (Fsp3) is 0.440. The quantitative estimate of drug-likeness (QED) is 0.702. The number of nitrogens with zero attached hydrogens (tertiary/aromatic N) is 1. The molecule has 2 saturated heterocycles. The van der Waals surface area contributed by atoms with Crippen LogP contribution < -0.4 is 5.32 Å². The molecule has 2 aromatic rings. The van der Waals surface area contributed by atoms with E-state index in [9.17, 15) is 4.79 Å². The monoisotopic (exact) mass is 436 g/mol. The fourth-order valence-electron chi connectivity index (χ4n) is 4.52. The number of amidine groups is 1. The molecule has 3 heterocycles. The minimum absolute atomic E-state index is 0.0299. The Hall–Kier alpha value is -2.58. The van der Waals surface area contributed by atoms with E-state index in [4.69, 9.17) is 18.9 Å². The zero-order valence-corrected chi connectivity index (χ0v) is 18.3. The van der Waals surface area contributed by atoms with Gasteiger partial charge < -0.3 is 24.3 Å². The maximum atomic E-state index is 12.6. The van der Waals surface area contributed by atoms with Crippen LogP contribution >= 0.6 is 0 Å². The maximum Gasteiger partial charge on any atom is 0.190 e. The molecule has 0 aliphatic carbocycles. The first-order chi connectivity index (χ1) is 15.4. The number of ketones is 1. The third-order valence-corrected chi connectivity index (χ3v) is 6.08. The molecule has 4 unspecified atom stereocenters. The molecule has 5 rings (SSSR count). The van der Waals surface area contributed by atoms with Gasteiger partial charge in [-0.05, 0) is 19.4 Å². The van der Waals surface area contributed by atoms with Crippen LogP contribution in [0.1, 0.15) is 36.2 Å². The van der Waals surface area contributed by atoms with Gasteiger partial charge in [-0.2, -0.15) is 0 Å². The molecule has 1 spiro atoms. The number of hydrogen-bond acceptors (Lipinski definition) is 7. The first kappa shape index (κ1) is 21.3. The maximum absolute atomic E-state index is 12.6. The first-order valence-corrected chi connectivity index (χ1v) is 11.0. The molecule has 1 N–H and O–H groups in total. The molecule has 0 amide bonds. The predicted octanol–water partition coefficient (Wildman–Crippen LogP) is 3.09. The van der Waals surface area contributed by atoms with Crippen molar-refractivity contribution in [2.75, 3.05) is 13.1 Å². The highest BCUT2D eigenvalue weighted by Crippen LogP contribution is 2.44. The van der Waals surface area contributed by atoms with Crippen molar-refractivity contribution in [1.82, 2.24) is 5.32 Å². The Morgan fingerprint density at radius 2 is 1.78 bits per heavy atom. The van der Waals surface area contributed by atoms with Crippen LogP contribution in [0.25, 0.3) is 0 Å². The van der Waals surface area contributed by atoms with Crippen LogP contribution in [-0.4, -0.2) is 54.6 Å². The van der Waals surface area contributed by atoms with E-state index in [2.05, 4.69) is 10.3 Å². The van der Waals surface area contributed by atoms with Crippen molar-refractivity contribution >= 4 is 11.6 Å². The van der Waals surface area contributed by atoms with Gasteiger partial charge in [-0.15, -0.1) is 0 Å². The van der Waals surface area contributed by atoms with Crippen LogP contribution in [0.3, 0.4) is 0 Å². The van der Waals surface area contributed by atoms with E-state index in [0.717, 1.165) is 5.56 Å². The van der Waals surface area contributed by atoms with Gasteiger partial charge in [0.1, 0.15) is 23.6 Å². The Balaban J connectivity index is 1.31. The van der Waals surface area contributed by atoms with E-state index in [-0.39, 0.29) is 24.4 Å². The van der Waals surface area contributed by atoms with Gasteiger partial charge in [0, 0.05) is 12.1 Å². The number of Topliss-reactive ketones (excluding diaryl/α,β-unsaturated/α-hetero) is 1. The summed E-state index contributed by atoms with van der Waals surface area (Å²) in [4.78, 5) is 17.2. The van der Waals surface area contributed by atoms with Gasteiger partial charge in [-0.25, -0.2) is 0 Å². The largest absolute Gasteiger partial charge is 0.370 e. The molecule has 32 heavy (non-hydrogen) atoms. The second-order valence-electron chi connectivity index (χ2n) is 8.95. The number of ether oxygens (including phenoxy) is 4. The molecular weight excluding hydrogens is 408 g/mol. The van der Waals surface area contributed by atoms with Crippen LogP contribution in [-0.2, 0) is 25.6 Å². The van der Waals surface area contributed by atoms with Gasteiger partial charge in [0.2, 0.25) is 0 Å². The van der Waals surface area contributed by atoms with E-state index < -0.39 is 17.7 Å². The highest BCUT2D eigenvalue weighted by molar-refractivity contribution is 6.09. The summed E-state index contributed by atoms with van der Waals surface area (Å²) >= 11 is 0. The molecule has 0 radical (unpaired) electrons. The van der Waals surface area contributed by atoms with Crippen molar-refractivity contribution in [3.05, 3.63) is 71.8 Å². The summed E-state index contributed by atoms with van der Waals surface area (Å²) in [5.41, 5.74) is 1.03. The predicted molar refractivity (Wildman–Crippen MR) is 118 cm³/mol. The molecule has 168 valence electrons. The molecule has 2 aromatic carbocycles. The molecule has 3 aliphatic rings. The van der Waals surface area contributed by atoms with Crippen molar-refractivity contribution in [3.63, 3.8) is 0 Å². The fourth-order valence-corrected chi connectivity index (χ4v) is 4.52. The Labute approximate surface area is 187 Å². The third-order valence-electron chi connectivity index (χ3n) is 6.08. The summed E-state index contributed by atoms with van der Waals surface area (Å²) in [6.07, 6.45) is -1.01. The van der Waals surface area contributed by atoms with Gasteiger partial charge in [0.15, 0.2) is 17.9 Å². The highest BCUT2D eigenvalue weighted by atomic mass is 16.8. The van der Waals surface area contributed by atoms with Gasteiger partial charge in [-0.3, -0.25) is 9.79 Å². The van der Waals surface area contributed by atoms with Gasteiger partial charge in [0.05, 0.1) is 19.6 Å². The SMILES string of the molecule is CC1(C)OC2OC3(CN=C(CC(=O)c4ccccc4)NC3)C(OCc3ccccc3)C2O1. The Kier molecular flexibility index (Phi) is 5.59. The number of nitrogens with one attached hydrogen (secondary N) is 1. The van der Waals surface area contributed by atoms with Gasteiger partial charge in [0.25, 0.3) is 0 Å². The van der Waals surface area contributed by atoms with Crippen molar-refractivity contribution < 1.29 is 23.7 Å². The lowest BCUT2D eigenvalue weighted by Gasteiger charge is -2.38. The number of benzene rings is 2. The van der Waals surface area contributed by atoms with Crippen LogP contribution in [0.2, 0.25) is 0 Å². The average molecular weight is 437 g/mol.